The Kier molecular flexibility index (Phi) is 6.99. The Morgan fingerprint density at radius 1 is 1.09 bits per heavy atom. The average Bonchev–Trinajstić information content (AvgIpc) is 3.17. The summed E-state index contributed by atoms with van der Waals surface area (Å²) in [7, 11) is 1.24. The lowest BCUT2D eigenvalue weighted by Gasteiger charge is -2.17. The molecule has 2 unspecified atom stereocenters. The first kappa shape index (κ1) is 22.7. The van der Waals surface area contributed by atoms with E-state index in [4.69, 9.17) is 4.74 Å². The van der Waals surface area contributed by atoms with E-state index in [1.54, 1.807) is 37.4 Å². The van der Waals surface area contributed by atoms with Gasteiger partial charge in [-0.25, -0.2) is 9.59 Å². The number of rotatable bonds is 7. The zero-order chi connectivity index (χ0) is 23.3. The summed E-state index contributed by atoms with van der Waals surface area (Å²) in [5.74, 6) is -0.767. The van der Waals surface area contributed by atoms with Crippen molar-refractivity contribution in [1.29, 1.82) is 0 Å². The minimum atomic E-state index is -0.968. The van der Waals surface area contributed by atoms with Crippen LogP contribution < -0.4 is 10.6 Å². The Labute approximate surface area is 184 Å². The second kappa shape index (κ2) is 9.86. The molecule has 0 saturated carbocycles. The number of aromatic nitrogens is 1. The summed E-state index contributed by atoms with van der Waals surface area (Å²) in [5, 5.41) is 9.07. The van der Waals surface area contributed by atoms with Crippen LogP contribution in [0.1, 0.15) is 35.8 Å². The number of urea groups is 1. The lowest BCUT2D eigenvalue weighted by Crippen LogP contribution is -2.45. The van der Waals surface area contributed by atoms with Crippen molar-refractivity contribution < 1.29 is 19.1 Å². The number of methoxy groups -OCH3 is 1. The molecule has 0 saturated heterocycles. The van der Waals surface area contributed by atoms with Crippen molar-refractivity contribution in [1.82, 2.24) is 9.88 Å². The topological polar surface area (TPSA) is 119 Å². The normalized spacial score (nSPS) is 12.6. The SMILES string of the molecule is COC(=O)C(Cc1cn(C(C)=O)c2ccccc12)NC(=O)Nc1ccc(C(C)N=O)cc1. The number of nitrogens with one attached hydrogen (secondary N) is 2. The standard InChI is InChI=1S/C23H24N4O5/c1-14(26-31)16-8-10-18(11-9-16)24-23(30)25-20(22(29)32-3)12-17-13-27(15(2)28)21-7-5-4-6-19(17)21/h4-11,13-14,20H,12H2,1-3H3,(H2,24,25,30). The smallest absolute Gasteiger partial charge is 0.328 e. The lowest BCUT2D eigenvalue weighted by atomic mass is 10.1. The van der Waals surface area contributed by atoms with Gasteiger partial charge in [-0.05, 0) is 36.2 Å². The summed E-state index contributed by atoms with van der Waals surface area (Å²) in [6, 6.07) is 12.0. The summed E-state index contributed by atoms with van der Waals surface area (Å²) >= 11 is 0. The van der Waals surface area contributed by atoms with Gasteiger partial charge in [-0.3, -0.25) is 9.36 Å². The Hall–Kier alpha value is -4.01. The van der Waals surface area contributed by atoms with E-state index in [2.05, 4.69) is 15.8 Å². The number of nitrogens with zero attached hydrogens (tertiary/aromatic N) is 2. The molecule has 0 fully saturated rings. The van der Waals surface area contributed by atoms with Crippen molar-refractivity contribution in [2.24, 2.45) is 5.18 Å². The highest BCUT2D eigenvalue weighted by Crippen LogP contribution is 2.23. The molecule has 32 heavy (non-hydrogen) atoms. The molecule has 2 atom stereocenters. The van der Waals surface area contributed by atoms with E-state index in [-0.39, 0.29) is 12.3 Å². The average molecular weight is 436 g/mol. The van der Waals surface area contributed by atoms with E-state index in [0.717, 1.165) is 22.0 Å². The second-order valence-corrected chi connectivity index (χ2v) is 7.34. The van der Waals surface area contributed by atoms with Gasteiger partial charge in [0.1, 0.15) is 12.1 Å². The fourth-order valence-corrected chi connectivity index (χ4v) is 3.46. The molecule has 0 aliphatic rings. The number of nitroso groups, excluding NO2 is 1. The number of ether oxygens (including phenoxy) is 1. The molecule has 3 rings (SSSR count). The van der Waals surface area contributed by atoms with Crippen molar-refractivity contribution in [3.63, 3.8) is 0 Å². The lowest BCUT2D eigenvalue weighted by molar-refractivity contribution is -0.142. The molecule has 166 valence electrons. The van der Waals surface area contributed by atoms with Crippen LogP contribution in [0.25, 0.3) is 10.9 Å². The second-order valence-electron chi connectivity index (χ2n) is 7.34. The molecule has 9 nitrogen and oxygen atoms in total. The van der Waals surface area contributed by atoms with Crippen LogP contribution in [0.2, 0.25) is 0 Å². The van der Waals surface area contributed by atoms with Gasteiger partial charge in [0.05, 0.1) is 12.6 Å². The predicted molar refractivity (Wildman–Crippen MR) is 121 cm³/mol. The molecule has 1 heterocycles. The third-order valence-corrected chi connectivity index (χ3v) is 5.16. The molecular weight excluding hydrogens is 412 g/mol. The third-order valence-electron chi connectivity index (χ3n) is 5.16. The summed E-state index contributed by atoms with van der Waals surface area (Å²) < 4.78 is 6.37. The summed E-state index contributed by atoms with van der Waals surface area (Å²) in [5.41, 5.74) is 2.66. The zero-order valence-electron chi connectivity index (χ0n) is 18.0. The van der Waals surface area contributed by atoms with Crippen molar-refractivity contribution >= 4 is 34.5 Å². The minimum Gasteiger partial charge on any atom is -0.467 e. The monoisotopic (exact) mass is 436 g/mol. The van der Waals surface area contributed by atoms with E-state index in [1.807, 2.05) is 24.3 Å². The van der Waals surface area contributed by atoms with Gasteiger partial charge in [0.25, 0.3) is 0 Å². The van der Waals surface area contributed by atoms with Crippen LogP contribution in [-0.4, -0.2) is 35.6 Å². The number of fused-ring (bicyclic) bond motifs is 1. The summed E-state index contributed by atoms with van der Waals surface area (Å²) in [4.78, 5) is 47.5. The van der Waals surface area contributed by atoms with E-state index < -0.39 is 24.1 Å². The Balaban J connectivity index is 1.77. The van der Waals surface area contributed by atoms with E-state index in [1.165, 1.54) is 18.6 Å². The number of anilines is 1. The molecule has 0 radical (unpaired) electrons. The Morgan fingerprint density at radius 3 is 2.41 bits per heavy atom. The first-order chi connectivity index (χ1) is 15.3. The maximum absolute atomic E-state index is 12.5. The fraction of sp³-hybridized carbons (Fsp3) is 0.261. The molecule has 3 aromatic rings. The third kappa shape index (κ3) is 5.00. The highest BCUT2D eigenvalue weighted by molar-refractivity contribution is 5.95. The van der Waals surface area contributed by atoms with E-state index in [9.17, 15) is 19.3 Å². The van der Waals surface area contributed by atoms with Crippen molar-refractivity contribution in [2.75, 3.05) is 12.4 Å². The molecular formula is C23H24N4O5. The summed E-state index contributed by atoms with van der Waals surface area (Å²) in [6.45, 7) is 3.13. The number of hydrogen-bond acceptors (Lipinski definition) is 6. The van der Waals surface area contributed by atoms with E-state index >= 15 is 0 Å². The number of para-hydroxylation sites is 1. The molecule has 2 amide bonds. The van der Waals surface area contributed by atoms with Crippen molar-refractivity contribution in [3.05, 3.63) is 70.8 Å². The molecule has 1 aromatic heterocycles. The maximum atomic E-state index is 12.5. The largest absolute Gasteiger partial charge is 0.467 e. The molecule has 2 aromatic carbocycles. The van der Waals surface area contributed by atoms with Crippen LogP contribution in [0.3, 0.4) is 0 Å². The molecule has 0 aliphatic heterocycles. The van der Waals surface area contributed by atoms with Crippen LogP contribution >= 0.6 is 0 Å². The highest BCUT2D eigenvalue weighted by atomic mass is 16.5. The predicted octanol–water partition coefficient (Wildman–Crippen LogP) is 4.03. The Bertz CT molecular complexity index is 1150. The Morgan fingerprint density at radius 2 is 1.78 bits per heavy atom. The van der Waals surface area contributed by atoms with Crippen molar-refractivity contribution in [3.8, 4) is 0 Å². The number of amides is 2. The number of carbonyl (C=O) groups is 3. The maximum Gasteiger partial charge on any atom is 0.328 e. The van der Waals surface area contributed by atoms with Crippen LogP contribution in [-0.2, 0) is 16.0 Å². The zero-order valence-corrected chi connectivity index (χ0v) is 18.0. The van der Waals surface area contributed by atoms with Gasteiger partial charge in [-0.2, -0.15) is 4.91 Å². The number of esters is 1. The minimum absolute atomic E-state index is 0.141. The van der Waals surface area contributed by atoms with Gasteiger partial charge in [-0.1, -0.05) is 35.5 Å². The van der Waals surface area contributed by atoms with Gasteiger partial charge < -0.3 is 15.4 Å². The van der Waals surface area contributed by atoms with Crippen LogP contribution in [0, 0.1) is 4.91 Å². The van der Waals surface area contributed by atoms with Gasteiger partial charge in [0.2, 0.25) is 5.91 Å². The quantitative estimate of drug-likeness (QED) is 0.428. The van der Waals surface area contributed by atoms with Crippen LogP contribution in [0.15, 0.2) is 59.9 Å². The highest BCUT2D eigenvalue weighted by Gasteiger charge is 2.24. The van der Waals surface area contributed by atoms with Gasteiger partial charge in [0, 0.05) is 30.6 Å². The van der Waals surface area contributed by atoms with E-state index in [0.29, 0.717) is 5.69 Å². The van der Waals surface area contributed by atoms with Crippen molar-refractivity contribution in [2.45, 2.75) is 32.4 Å². The van der Waals surface area contributed by atoms with Gasteiger partial charge in [-0.15, -0.1) is 0 Å². The molecule has 0 spiro atoms. The van der Waals surface area contributed by atoms with Crippen LogP contribution in [0.4, 0.5) is 10.5 Å². The van der Waals surface area contributed by atoms with Gasteiger partial charge >= 0.3 is 12.0 Å². The fourth-order valence-electron chi connectivity index (χ4n) is 3.46. The number of hydrogen-bond donors (Lipinski definition) is 2. The number of benzene rings is 2. The first-order valence-corrected chi connectivity index (χ1v) is 10.0. The molecule has 0 aliphatic carbocycles. The molecule has 0 bridgehead atoms. The number of carbonyl (C=O) groups excluding carboxylic acids is 3. The van der Waals surface area contributed by atoms with Crippen LogP contribution in [0.5, 0.6) is 0 Å². The summed E-state index contributed by atoms with van der Waals surface area (Å²) in [6.07, 6.45) is 1.81. The molecule has 2 N–H and O–H groups in total. The van der Waals surface area contributed by atoms with Gasteiger partial charge in [0.15, 0.2) is 0 Å². The first-order valence-electron chi connectivity index (χ1n) is 10.0. The molecule has 9 heteroatoms.